The Labute approximate surface area is 185 Å². The highest BCUT2D eigenvalue weighted by Gasteiger charge is 2.30. The van der Waals surface area contributed by atoms with E-state index in [1.807, 2.05) is 4.90 Å². The van der Waals surface area contributed by atoms with E-state index in [4.69, 9.17) is 11.6 Å². The van der Waals surface area contributed by atoms with E-state index in [2.05, 4.69) is 5.32 Å². The molecule has 3 rings (SSSR count). The van der Waals surface area contributed by atoms with Gasteiger partial charge >= 0.3 is 0 Å². The number of aryl methyl sites for hydroxylation is 1. The van der Waals surface area contributed by atoms with Crippen LogP contribution in [0.1, 0.15) is 12.0 Å². The first-order chi connectivity index (χ1) is 14.7. The number of nitro benzene ring substituents is 1. The largest absolute Gasteiger partial charge is 0.326 e. The first-order valence-corrected chi connectivity index (χ1v) is 11.5. The number of hydrogen-bond donors (Lipinski definition) is 1. The van der Waals surface area contributed by atoms with Crippen molar-refractivity contribution in [1.82, 2.24) is 9.21 Å². The summed E-state index contributed by atoms with van der Waals surface area (Å²) >= 11 is 5.91. The fourth-order valence-electron chi connectivity index (χ4n) is 3.36. The Kier molecular flexibility index (Phi) is 7.26. The molecule has 0 radical (unpaired) electrons. The smallest absolute Gasteiger partial charge is 0.270 e. The standard InChI is InChI=1S/C20H23ClN4O5S/c1-15-5-6-18(25(27)28)14-19(15)31(29,30)24-11-9-23(10-12-24)8-7-20(26)22-17-4-2-3-16(21)13-17/h2-6,13-14H,7-12H2,1H3,(H,22,26). The fourth-order valence-corrected chi connectivity index (χ4v) is 5.22. The molecule has 0 unspecified atom stereocenters. The number of amides is 1. The number of nitrogens with zero attached hydrogens (tertiary/aromatic N) is 3. The van der Waals surface area contributed by atoms with Gasteiger partial charge in [-0.1, -0.05) is 23.7 Å². The summed E-state index contributed by atoms with van der Waals surface area (Å²) in [4.78, 5) is 24.5. The Morgan fingerprint density at radius 1 is 1.16 bits per heavy atom. The number of nitro groups is 1. The van der Waals surface area contributed by atoms with Crippen molar-refractivity contribution in [3.8, 4) is 0 Å². The number of non-ortho nitro benzene ring substituents is 1. The summed E-state index contributed by atoms with van der Waals surface area (Å²) in [6.07, 6.45) is 0.267. The molecule has 0 spiro atoms. The number of carbonyl (C=O) groups is 1. The van der Waals surface area contributed by atoms with Gasteiger partial charge in [0, 0.05) is 62.0 Å². The zero-order valence-corrected chi connectivity index (χ0v) is 18.5. The third kappa shape index (κ3) is 5.79. The molecule has 1 saturated heterocycles. The number of anilines is 1. The second kappa shape index (κ2) is 9.73. The van der Waals surface area contributed by atoms with Crippen LogP contribution in [0.4, 0.5) is 11.4 Å². The van der Waals surface area contributed by atoms with Crippen LogP contribution in [0.3, 0.4) is 0 Å². The minimum atomic E-state index is -3.84. The topological polar surface area (TPSA) is 113 Å². The molecule has 9 nitrogen and oxygen atoms in total. The van der Waals surface area contributed by atoms with Gasteiger partial charge < -0.3 is 10.2 Å². The van der Waals surface area contributed by atoms with Crippen molar-refractivity contribution in [2.24, 2.45) is 0 Å². The van der Waals surface area contributed by atoms with Gasteiger partial charge in [0.1, 0.15) is 0 Å². The predicted octanol–water partition coefficient (Wildman–Crippen LogP) is 2.89. The first-order valence-electron chi connectivity index (χ1n) is 9.70. The van der Waals surface area contributed by atoms with E-state index in [9.17, 15) is 23.3 Å². The molecular formula is C20H23ClN4O5S. The number of hydrogen-bond acceptors (Lipinski definition) is 6. The molecule has 11 heteroatoms. The number of rotatable bonds is 7. The lowest BCUT2D eigenvalue weighted by atomic mass is 10.2. The Morgan fingerprint density at radius 3 is 2.52 bits per heavy atom. The number of piperazine rings is 1. The summed E-state index contributed by atoms with van der Waals surface area (Å²) in [6, 6.07) is 10.7. The molecule has 1 aliphatic heterocycles. The molecule has 0 bridgehead atoms. The lowest BCUT2D eigenvalue weighted by molar-refractivity contribution is -0.385. The van der Waals surface area contributed by atoms with Gasteiger partial charge in [-0.05, 0) is 30.7 Å². The van der Waals surface area contributed by atoms with Crippen molar-refractivity contribution in [1.29, 1.82) is 0 Å². The van der Waals surface area contributed by atoms with Crippen LogP contribution < -0.4 is 5.32 Å². The molecule has 31 heavy (non-hydrogen) atoms. The van der Waals surface area contributed by atoms with E-state index in [0.29, 0.717) is 35.9 Å². The molecule has 1 aliphatic rings. The summed E-state index contributed by atoms with van der Waals surface area (Å²) in [5.74, 6) is -0.149. The van der Waals surface area contributed by atoms with Gasteiger partial charge in [0.2, 0.25) is 15.9 Å². The maximum Gasteiger partial charge on any atom is 0.270 e. The van der Waals surface area contributed by atoms with Gasteiger partial charge in [-0.15, -0.1) is 0 Å². The zero-order chi connectivity index (χ0) is 22.6. The van der Waals surface area contributed by atoms with Crippen LogP contribution in [0, 0.1) is 17.0 Å². The van der Waals surface area contributed by atoms with Gasteiger partial charge in [-0.2, -0.15) is 4.31 Å². The molecule has 2 aromatic rings. The molecule has 0 saturated carbocycles. The van der Waals surface area contributed by atoms with E-state index in [-0.39, 0.29) is 36.0 Å². The van der Waals surface area contributed by atoms with Gasteiger partial charge in [0.15, 0.2) is 0 Å². The van der Waals surface area contributed by atoms with Crippen LogP contribution in [0.25, 0.3) is 0 Å². The van der Waals surface area contributed by atoms with Gasteiger partial charge in [0.25, 0.3) is 5.69 Å². The molecule has 1 heterocycles. The molecule has 1 fully saturated rings. The number of nitrogens with one attached hydrogen (secondary N) is 1. The molecular weight excluding hydrogens is 444 g/mol. The van der Waals surface area contributed by atoms with Crippen LogP contribution in [0.5, 0.6) is 0 Å². The summed E-state index contributed by atoms with van der Waals surface area (Å²) in [5.41, 5.74) is 0.833. The zero-order valence-electron chi connectivity index (χ0n) is 17.0. The number of benzene rings is 2. The molecule has 1 amide bonds. The average molecular weight is 467 g/mol. The Hall–Kier alpha value is -2.53. The summed E-state index contributed by atoms with van der Waals surface area (Å²) in [5, 5.41) is 14.3. The highest BCUT2D eigenvalue weighted by molar-refractivity contribution is 7.89. The van der Waals surface area contributed by atoms with Gasteiger partial charge in [-0.3, -0.25) is 14.9 Å². The number of carbonyl (C=O) groups excluding carboxylic acids is 1. The summed E-state index contributed by atoms with van der Waals surface area (Å²) in [7, 11) is -3.84. The quantitative estimate of drug-likeness (QED) is 0.496. The minimum Gasteiger partial charge on any atom is -0.326 e. The number of halogens is 1. The average Bonchev–Trinajstić information content (AvgIpc) is 2.72. The fraction of sp³-hybridized carbons (Fsp3) is 0.350. The van der Waals surface area contributed by atoms with E-state index in [1.54, 1.807) is 31.2 Å². The van der Waals surface area contributed by atoms with E-state index in [1.165, 1.54) is 16.4 Å². The molecule has 0 aromatic heterocycles. The third-order valence-electron chi connectivity index (χ3n) is 5.10. The van der Waals surface area contributed by atoms with Crippen molar-refractivity contribution in [2.45, 2.75) is 18.2 Å². The van der Waals surface area contributed by atoms with Crippen LogP contribution in [0.15, 0.2) is 47.4 Å². The van der Waals surface area contributed by atoms with Crippen LogP contribution >= 0.6 is 11.6 Å². The predicted molar refractivity (Wildman–Crippen MR) is 118 cm³/mol. The first kappa shape index (κ1) is 23.1. The molecule has 2 aromatic carbocycles. The lowest BCUT2D eigenvalue weighted by Gasteiger charge is -2.34. The maximum absolute atomic E-state index is 13.0. The van der Waals surface area contributed by atoms with Gasteiger partial charge in [-0.25, -0.2) is 8.42 Å². The third-order valence-corrected chi connectivity index (χ3v) is 7.37. The van der Waals surface area contributed by atoms with Crippen molar-refractivity contribution in [3.05, 3.63) is 63.2 Å². The van der Waals surface area contributed by atoms with Crippen LogP contribution in [-0.2, 0) is 14.8 Å². The minimum absolute atomic E-state index is 0.0453. The highest BCUT2D eigenvalue weighted by Crippen LogP contribution is 2.25. The van der Waals surface area contributed by atoms with Crippen LogP contribution in [-0.4, -0.2) is 61.2 Å². The molecule has 0 atom stereocenters. The van der Waals surface area contributed by atoms with E-state index in [0.717, 1.165) is 6.07 Å². The van der Waals surface area contributed by atoms with E-state index < -0.39 is 14.9 Å². The van der Waals surface area contributed by atoms with E-state index >= 15 is 0 Å². The highest BCUT2D eigenvalue weighted by atomic mass is 35.5. The van der Waals surface area contributed by atoms with Gasteiger partial charge in [0.05, 0.1) is 9.82 Å². The SMILES string of the molecule is Cc1ccc([N+](=O)[O-])cc1S(=O)(=O)N1CCN(CCC(=O)Nc2cccc(Cl)c2)CC1. The normalized spacial score (nSPS) is 15.5. The molecule has 0 aliphatic carbocycles. The monoisotopic (exact) mass is 466 g/mol. The summed E-state index contributed by atoms with van der Waals surface area (Å²) in [6.45, 7) is 3.55. The lowest BCUT2D eigenvalue weighted by Crippen LogP contribution is -2.49. The Balaban J connectivity index is 1.55. The second-order valence-corrected chi connectivity index (χ2v) is 9.60. The maximum atomic E-state index is 13.0. The summed E-state index contributed by atoms with van der Waals surface area (Å²) < 4.78 is 27.3. The Bertz CT molecular complexity index is 1080. The second-order valence-electron chi connectivity index (χ2n) is 7.26. The van der Waals surface area contributed by atoms with Crippen LogP contribution in [0.2, 0.25) is 5.02 Å². The Morgan fingerprint density at radius 2 is 1.87 bits per heavy atom. The molecule has 1 N–H and O–H groups in total. The van der Waals surface area contributed by atoms with Crippen molar-refractivity contribution < 1.29 is 18.1 Å². The van der Waals surface area contributed by atoms with Crippen molar-refractivity contribution >= 4 is 38.9 Å². The van der Waals surface area contributed by atoms with Crippen molar-refractivity contribution in [2.75, 3.05) is 38.0 Å². The van der Waals surface area contributed by atoms with Crippen molar-refractivity contribution in [3.63, 3.8) is 0 Å². The number of sulfonamides is 1. The molecule has 166 valence electrons.